The number of rotatable bonds is 9. The molecular weight excluding hydrogens is 991 g/mol. The second-order valence-electron chi connectivity index (χ2n) is 21.8. The quantitative estimate of drug-likeness (QED) is 0.141. The van der Waals surface area contributed by atoms with E-state index in [9.17, 15) is 5.41 Å². The summed E-state index contributed by atoms with van der Waals surface area (Å²) in [4.78, 5) is 2.57. The highest BCUT2D eigenvalue weighted by Crippen LogP contribution is 2.65. The van der Waals surface area contributed by atoms with Gasteiger partial charge in [-0.15, -0.1) is 0 Å². The molecule has 1 heterocycles. The Hall–Kier alpha value is -10.6. The lowest BCUT2D eigenvalue weighted by Gasteiger charge is -2.36. The fourth-order valence-corrected chi connectivity index (χ4v) is 14.5. The minimum absolute atomic E-state index is 0.438. The van der Waals surface area contributed by atoms with Crippen LogP contribution in [-0.2, 0) is 10.8 Å². The lowest BCUT2D eigenvalue weighted by atomic mass is 9.68. The zero-order valence-electron chi connectivity index (χ0n) is 44.9. The molecule has 3 aliphatic carbocycles. The summed E-state index contributed by atoms with van der Waals surface area (Å²) in [6.45, 7) is 0. The van der Waals surface area contributed by atoms with E-state index in [-0.39, 0.29) is 0 Å². The van der Waals surface area contributed by atoms with Crippen LogP contribution in [0, 0.1) is 5.41 Å². The molecule has 12 aromatic carbocycles. The molecular formula is C79H53N3. The van der Waals surface area contributed by atoms with E-state index in [1.54, 1.807) is 0 Å². The van der Waals surface area contributed by atoms with Crippen molar-refractivity contribution in [3.05, 3.63) is 376 Å². The van der Waals surface area contributed by atoms with Gasteiger partial charge < -0.3 is 10.2 Å². The minimum Gasteiger partial charge on any atom is -0.354 e. The Bertz CT molecular complexity index is 4490. The third kappa shape index (κ3) is 6.80. The molecule has 3 heteroatoms. The monoisotopic (exact) mass is 1040 g/mol. The van der Waals surface area contributed by atoms with Crippen molar-refractivity contribution in [1.82, 2.24) is 5.32 Å². The van der Waals surface area contributed by atoms with Crippen molar-refractivity contribution >= 4 is 45.8 Å². The molecule has 0 bridgehead atoms. The van der Waals surface area contributed by atoms with Crippen molar-refractivity contribution in [2.24, 2.45) is 0 Å². The highest BCUT2D eigenvalue weighted by atomic mass is 15.2. The van der Waals surface area contributed by atoms with Crippen LogP contribution in [0.3, 0.4) is 0 Å². The molecule has 0 saturated heterocycles. The zero-order chi connectivity index (χ0) is 54.4. The molecule has 384 valence electrons. The molecule has 0 aromatic heterocycles. The third-order valence-electron chi connectivity index (χ3n) is 17.8. The topological polar surface area (TPSA) is 39.1 Å². The number of hydrogen-bond acceptors (Lipinski definition) is 3. The average molecular weight is 1040 g/mol. The molecule has 0 amide bonds. The molecule has 2 N–H and O–H groups in total. The standard InChI is InChI=1S/C79H53N3/c80-76(54-30-10-3-11-31-54)74(53-28-8-2-9-29-53)77-62-40-24-46-72(64(62)51-71(81-77)52-26-6-1-7-27-52)82(73-47-25-45-69-75(73)63-39-19-23-44-68(63)78(69,55-32-12-4-13-33-55)56-34-14-5-15-35-56)57-48-49-61-60-38-18-22-43-67(60)79(70(61)50-57)65-41-20-16-36-58(65)59-37-17-21-42-66(59)79/h1-51,80-81H/b77-74-,80-76?. The van der Waals surface area contributed by atoms with Gasteiger partial charge in [0.2, 0.25) is 0 Å². The van der Waals surface area contributed by atoms with Crippen LogP contribution in [0.2, 0.25) is 0 Å². The summed E-state index contributed by atoms with van der Waals surface area (Å²) in [6, 6.07) is 111. The lowest BCUT2D eigenvalue weighted by molar-refractivity contribution is 0.768. The third-order valence-corrected chi connectivity index (χ3v) is 17.8. The second kappa shape index (κ2) is 18.8. The first-order chi connectivity index (χ1) is 40.6. The highest BCUT2D eigenvalue weighted by molar-refractivity contribution is 6.36. The van der Waals surface area contributed by atoms with Gasteiger partial charge in [0.15, 0.2) is 0 Å². The number of fused-ring (bicyclic) bond motifs is 14. The maximum absolute atomic E-state index is 10.2. The van der Waals surface area contributed by atoms with Crippen LogP contribution in [0.25, 0.3) is 56.4 Å². The molecule has 4 aliphatic rings. The van der Waals surface area contributed by atoms with Gasteiger partial charge in [0.1, 0.15) is 0 Å². The number of anilines is 3. The molecule has 3 nitrogen and oxygen atoms in total. The van der Waals surface area contributed by atoms with Crippen LogP contribution in [0.4, 0.5) is 17.1 Å². The van der Waals surface area contributed by atoms with E-state index >= 15 is 0 Å². The molecule has 1 aliphatic heterocycles. The van der Waals surface area contributed by atoms with Crippen LogP contribution >= 0.6 is 0 Å². The number of nitrogens with one attached hydrogen (secondary N) is 2. The van der Waals surface area contributed by atoms with Gasteiger partial charge in [0, 0.05) is 39.2 Å². The SMILES string of the molecule is N=C(/C(=C1\NC(c2ccccc2)=Cc2c1cccc2N(c1ccc2c(c1)C1(c3ccccc3-c3ccccc31)c1ccccc1-2)c1cccc2c1-c1ccccc1C2(c1ccccc1)c1ccccc1)c1ccccc1)c1ccccc1. The molecule has 0 saturated carbocycles. The van der Waals surface area contributed by atoms with Gasteiger partial charge in [-0.3, -0.25) is 5.41 Å². The minimum atomic E-state index is -0.629. The second-order valence-corrected chi connectivity index (χ2v) is 21.8. The van der Waals surface area contributed by atoms with E-state index < -0.39 is 10.8 Å². The predicted octanol–water partition coefficient (Wildman–Crippen LogP) is 18.9. The van der Waals surface area contributed by atoms with Crippen LogP contribution < -0.4 is 10.2 Å². The van der Waals surface area contributed by atoms with Crippen molar-refractivity contribution < 1.29 is 0 Å². The first kappa shape index (κ1) is 47.4. The van der Waals surface area contributed by atoms with E-state index in [1.807, 2.05) is 36.4 Å². The molecule has 0 unspecified atom stereocenters. The van der Waals surface area contributed by atoms with Crippen LogP contribution in [0.15, 0.2) is 303 Å². The summed E-state index contributed by atoms with van der Waals surface area (Å²) in [7, 11) is 0. The number of nitrogens with zero attached hydrogens (tertiary/aromatic N) is 1. The van der Waals surface area contributed by atoms with Crippen molar-refractivity contribution in [3.63, 3.8) is 0 Å². The van der Waals surface area contributed by atoms with Gasteiger partial charge in [-0.2, -0.15) is 0 Å². The molecule has 0 radical (unpaired) electrons. The van der Waals surface area contributed by atoms with E-state index in [0.717, 1.165) is 61.8 Å². The summed E-state index contributed by atoms with van der Waals surface area (Å²) in [5.74, 6) is 0. The molecule has 1 spiro atoms. The molecule has 16 rings (SSSR count). The average Bonchev–Trinajstić information content (AvgIpc) is 1.80. The van der Waals surface area contributed by atoms with E-state index in [2.05, 4.69) is 283 Å². The summed E-state index contributed by atoms with van der Waals surface area (Å²) < 4.78 is 0. The van der Waals surface area contributed by atoms with Crippen molar-refractivity contribution in [3.8, 4) is 33.4 Å². The molecule has 12 aromatic rings. The van der Waals surface area contributed by atoms with Gasteiger partial charge >= 0.3 is 0 Å². The zero-order valence-corrected chi connectivity index (χ0v) is 44.9. The van der Waals surface area contributed by atoms with Gasteiger partial charge in [-0.05, 0) is 114 Å². The van der Waals surface area contributed by atoms with E-state index in [1.165, 1.54) is 77.9 Å². The Kier molecular flexibility index (Phi) is 10.8. The Morgan fingerprint density at radius 2 is 0.780 bits per heavy atom. The normalized spacial score (nSPS) is 14.7. The Labute approximate surface area is 478 Å². The lowest BCUT2D eigenvalue weighted by Crippen LogP contribution is -2.28. The smallest absolute Gasteiger partial charge is 0.0726 e. The molecule has 0 fully saturated rings. The van der Waals surface area contributed by atoms with Crippen molar-refractivity contribution in [1.29, 1.82) is 5.41 Å². The number of hydrogen-bond donors (Lipinski definition) is 2. The van der Waals surface area contributed by atoms with Crippen LogP contribution in [0.1, 0.15) is 72.3 Å². The van der Waals surface area contributed by atoms with Crippen LogP contribution in [0.5, 0.6) is 0 Å². The van der Waals surface area contributed by atoms with Gasteiger partial charge in [-0.1, -0.05) is 279 Å². The fourth-order valence-electron chi connectivity index (χ4n) is 14.5. The first-order valence-electron chi connectivity index (χ1n) is 28.3. The number of allylic oxidation sites excluding steroid dienone is 1. The van der Waals surface area contributed by atoms with E-state index in [4.69, 9.17) is 0 Å². The van der Waals surface area contributed by atoms with Gasteiger partial charge in [0.25, 0.3) is 0 Å². The van der Waals surface area contributed by atoms with E-state index in [0.29, 0.717) is 5.71 Å². The predicted molar refractivity (Wildman–Crippen MR) is 339 cm³/mol. The largest absolute Gasteiger partial charge is 0.354 e. The molecule has 0 atom stereocenters. The Balaban J connectivity index is 1.03. The molecule has 82 heavy (non-hydrogen) atoms. The van der Waals surface area contributed by atoms with Gasteiger partial charge in [-0.25, -0.2) is 0 Å². The Morgan fingerprint density at radius 3 is 1.37 bits per heavy atom. The number of benzene rings is 12. The maximum Gasteiger partial charge on any atom is 0.0726 e. The summed E-state index contributed by atoms with van der Waals surface area (Å²) in [5.41, 5.74) is 27.4. The van der Waals surface area contributed by atoms with Crippen molar-refractivity contribution in [2.45, 2.75) is 10.8 Å². The maximum atomic E-state index is 10.2. The highest BCUT2D eigenvalue weighted by Gasteiger charge is 2.52. The summed E-state index contributed by atoms with van der Waals surface area (Å²) in [6.07, 6.45) is 2.34. The first-order valence-corrected chi connectivity index (χ1v) is 28.3. The van der Waals surface area contributed by atoms with Crippen molar-refractivity contribution in [2.75, 3.05) is 4.90 Å². The van der Waals surface area contributed by atoms with Crippen LogP contribution in [-0.4, -0.2) is 5.71 Å². The Morgan fingerprint density at radius 1 is 0.341 bits per heavy atom. The fraction of sp³-hybridized carbons (Fsp3) is 0.0253. The summed E-state index contributed by atoms with van der Waals surface area (Å²) >= 11 is 0. The summed E-state index contributed by atoms with van der Waals surface area (Å²) in [5, 5.41) is 14.2. The van der Waals surface area contributed by atoms with Gasteiger partial charge in [0.05, 0.1) is 33.6 Å².